The average Bonchev–Trinajstić information content (AvgIpc) is 3.40. The van der Waals surface area contributed by atoms with Crippen LogP contribution in [0.25, 0.3) is 11.5 Å². The summed E-state index contributed by atoms with van der Waals surface area (Å²) in [6, 6.07) is 14.2. The summed E-state index contributed by atoms with van der Waals surface area (Å²) in [4.78, 5) is 12.6. The van der Waals surface area contributed by atoms with Gasteiger partial charge in [0.05, 0.1) is 12.2 Å². The molecule has 0 saturated carbocycles. The molecule has 0 bridgehead atoms. The number of hydrogen-bond acceptors (Lipinski definition) is 7. The molecule has 0 amide bonds. The second kappa shape index (κ2) is 16.8. The van der Waals surface area contributed by atoms with Crippen molar-refractivity contribution in [2.24, 2.45) is 0 Å². The second-order valence-corrected chi connectivity index (χ2v) is 10.2. The molecular weight excluding hydrogens is 484 g/mol. The summed E-state index contributed by atoms with van der Waals surface area (Å²) in [5.41, 5.74) is 1.26. The normalized spacial score (nSPS) is 11.0. The lowest BCUT2D eigenvalue weighted by atomic mass is 10.1. The number of nitrogens with zero attached hydrogens (tertiary/aromatic N) is 2. The molecule has 2 aromatic carbocycles. The Hall–Kier alpha value is -2.80. The van der Waals surface area contributed by atoms with Crippen LogP contribution in [0, 0.1) is 0 Å². The number of aromatic nitrogens is 2. The van der Waals surface area contributed by atoms with Crippen LogP contribution < -0.4 is 9.47 Å². The number of rotatable bonds is 18. The summed E-state index contributed by atoms with van der Waals surface area (Å²) >= 11 is 1.58. The van der Waals surface area contributed by atoms with Crippen molar-refractivity contribution < 1.29 is 18.7 Å². The highest BCUT2D eigenvalue weighted by atomic mass is 32.2. The predicted octanol–water partition coefficient (Wildman–Crippen LogP) is 8.76. The van der Waals surface area contributed by atoms with Crippen LogP contribution in [0.3, 0.4) is 0 Å². The van der Waals surface area contributed by atoms with Crippen LogP contribution in [-0.2, 0) is 0 Å². The van der Waals surface area contributed by atoms with E-state index in [1.165, 1.54) is 57.8 Å². The Morgan fingerprint density at radius 3 is 2.08 bits per heavy atom. The number of carbonyl (C=O) groups excluding carboxylic acids is 1. The molecule has 0 saturated heterocycles. The summed E-state index contributed by atoms with van der Waals surface area (Å²) in [7, 11) is 0. The van der Waals surface area contributed by atoms with Crippen molar-refractivity contribution in [3.05, 3.63) is 54.1 Å². The number of thioether (sulfide) groups is 1. The van der Waals surface area contributed by atoms with Crippen molar-refractivity contribution in [1.29, 1.82) is 0 Å². The molecule has 0 aliphatic heterocycles. The van der Waals surface area contributed by atoms with E-state index in [0.717, 1.165) is 29.9 Å². The number of carbonyl (C=O) groups is 1. The molecule has 37 heavy (non-hydrogen) atoms. The zero-order valence-electron chi connectivity index (χ0n) is 22.2. The topological polar surface area (TPSA) is 74.5 Å². The summed E-state index contributed by atoms with van der Waals surface area (Å²) < 4.78 is 17.1. The highest BCUT2D eigenvalue weighted by Gasteiger charge is 2.12. The second-order valence-electron chi connectivity index (χ2n) is 9.19. The van der Waals surface area contributed by atoms with E-state index in [4.69, 9.17) is 13.9 Å². The van der Waals surface area contributed by atoms with E-state index in [0.29, 0.717) is 29.0 Å². The molecule has 0 atom stereocenters. The molecular formula is C30H40N2O4S. The lowest BCUT2D eigenvalue weighted by Crippen LogP contribution is -2.08. The van der Waals surface area contributed by atoms with E-state index < -0.39 is 5.97 Å². The van der Waals surface area contributed by atoms with Gasteiger partial charge in [0.15, 0.2) is 0 Å². The molecule has 3 aromatic rings. The van der Waals surface area contributed by atoms with Crippen molar-refractivity contribution >= 4 is 17.7 Å². The van der Waals surface area contributed by atoms with Crippen LogP contribution in [0.1, 0.15) is 94.8 Å². The van der Waals surface area contributed by atoms with Gasteiger partial charge < -0.3 is 13.9 Å². The van der Waals surface area contributed by atoms with Gasteiger partial charge in [0, 0.05) is 11.3 Å². The molecule has 0 spiro atoms. The number of benzene rings is 2. The van der Waals surface area contributed by atoms with Crippen LogP contribution in [0.5, 0.6) is 11.5 Å². The fourth-order valence-electron chi connectivity index (χ4n) is 3.84. The molecule has 0 aliphatic carbocycles. The third-order valence-electron chi connectivity index (χ3n) is 6.05. The first kappa shape index (κ1) is 28.8. The maximum absolute atomic E-state index is 12.6. The Bertz CT molecular complexity index is 1030. The first-order valence-electron chi connectivity index (χ1n) is 13.7. The van der Waals surface area contributed by atoms with Gasteiger partial charge in [-0.3, -0.25) is 0 Å². The van der Waals surface area contributed by atoms with E-state index in [9.17, 15) is 4.79 Å². The third-order valence-corrected chi connectivity index (χ3v) is 6.95. The zero-order chi connectivity index (χ0) is 26.1. The average molecular weight is 525 g/mol. The maximum Gasteiger partial charge on any atom is 0.343 e. The molecule has 0 fully saturated rings. The van der Waals surface area contributed by atoms with Crippen LogP contribution in [0.2, 0.25) is 0 Å². The SMILES string of the molecule is CCCCCCCCCCOc1ccc(C(=O)Oc2ccc(-c3nnc(SCCCCC)o3)cc2)cc1. The van der Waals surface area contributed by atoms with Crippen molar-refractivity contribution in [2.75, 3.05) is 12.4 Å². The van der Waals surface area contributed by atoms with E-state index in [1.807, 2.05) is 24.3 Å². The van der Waals surface area contributed by atoms with Gasteiger partial charge in [-0.15, -0.1) is 10.2 Å². The summed E-state index contributed by atoms with van der Waals surface area (Å²) in [6.07, 6.45) is 13.7. The Kier molecular flexibility index (Phi) is 13.1. The molecule has 200 valence electrons. The van der Waals surface area contributed by atoms with Crippen molar-refractivity contribution in [3.8, 4) is 23.0 Å². The minimum Gasteiger partial charge on any atom is -0.494 e. The first-order chi connectivity index (χ1) is 18.2. The Morgan fingerprint density at radius 2 is 1.38 bits per heavy atom. The van der Waals surface area contributed by atoms with E-state index in [-0.39, 0.29) is 0 Å². The molecule has 0 unspecified atom stereocenters. The highest BCUT2D eigenvalue weighted by molar-refractivity contribution is 7.99. The number of ether oxygens (including phenoxy) is 2. The van der Waals surface area contributed by atoms with Crippen LogP contribution >= 0.6 is 11.8 Å². The van der Waals surface area contributed by atoms with E-state index in [2.05, 4.69) is 24.0 Å². The zero-order valence-corrected chi connectivity index (χ0v) is 23.1. The molecule has 6 nitrogen and oxygen atoms in total. The molecule has 0 aliphatic rings. The minimum absolute atomic E-state index is 0.411. The van der Waals surface area contributed by atoms with E-state index in [1.54, 1.807) is 36.0 Å². The van der Waals surface area contributed by atoms with Gasteiger partial charge in [0.1, 0.15) is 11.5 Å². The predicted molar refractivity (Wildman–Crippen MR) is 149 cm³/mol. The maximum atomic E-state index is 12.6. The van der Waals surface area contributed by atoms with E-state index >= 15 is 0 Å². The van der Waals surface area contributed by atoms with Crippen molar-refractivity contribution in [1.82, 2.24) is 10.2 Å². The number of esters is 1. The summed E-state index contributed by atoms with van der Waals surface area (Å²) in [5.74, 6) is 2.24. The van der Waals surface area contributed by atoms with Gasteiger partial charge in [-0.2, -0.15) is 0 Å². The highest BCUT2D eigenvalue weighted by Crippen LogP contribution is 2.26. The molecule has 7 heteroatoms. The Morgan fingerprint density at radius 1 is 0.757 bits per heavy atom. The molecule has 1 heterocycles. The van der Waals surface area contributed by atoms with Crippen LogP contribution in [0.15, 0.2) is 58.2 Å². The smallest absolute Gasteiger partial charge is 0.343 e. The number of unbranched alkanes of at least 4 members (excludes halogenated alkanes) is 9. The van der Waals surface area contributed by atoms with Gasteiger partial charge >= 0.3 is 5.97 Å². The lowest BCUT2D eigenvalue weighted by molar-refractivity contribution is 0.0734. The quantitative estimate of drug-likeness (QED) is 0.0712. The first-order valence-corrected chi connectivity index (χ1v) is 14.7. The van der Waals surface area contributed by atoms with Gasteiger partial charge in [-0.05, 0) is 61.4 Å². The molecule has 3 rings (SSSR count). The van der Waals surface area contributed by atoms with Gasteiger partial charge in [-0.25, -0.2) is 4.79 Å². The lowest BCUT2D eigenvalue weighted by Gasteiger charge is -2.08. The third kappa shape index (κ3) is 10.6. The van der Waals surface area contributed by atoms with Gasteiger partial charge in [-0.1, -0.05) is 83.4 Å². The van der Waals surface area contributed by atoms with Crippen molar-refractivity contribution in [3.63, 3.8) is 0 Å². The minimum atomic E-state index is -0.411. The van der Waals surface area contributed by atoms with Crippen molar-refractivity contribution in [2.45, 2.75) is 89.7 Å². The molecule has 0 N–H and O–H groups in total. The Labute approximate surface area is 225 Å². The van der Waals surface area contributed by atoms with Gasteiger partial charge in [0.2, 0.25) is 5.89 Å². The summed E-state index contributed by atoms with van der Waals surface area (Å²) in [6.45, 7) is 5.12. The fourth-order valence-corrected chi connectivity index (χ4v) is 4.60. The standard InChI is InChI=1S/C30H40N2O4S/c1-3-5-7-8-9-10-11-12-22-34-26-18-16-25(17-19-26)29(33)35-27-20-14-24(15-21-27)28-31-32-30(36-28)37-23-13-6-4-2/h14-21H,3-13,22-23H2,1-2H3. The van der Waals surface area contributed by atoms with Gasteiger partial charge in [0.25, 0.3) is 5.22 Å². The fraction of sp³-hybridized carbons (Fsp3) is 0.500. The molecule has 0 radical (unpaired) electrons. The number of hydrogen-bond donors (Lipinski definition) is 0. The van der Waals surface area contributed by atoms with Crippen LogP contribution in [0.4, 0.5) is 0 Å². The molecule has 1 aromatic heterocycles. The Balaban J connectivity index is 1.38. The van der Waals surface area contributed by atoms with Crippen LogP contribution in [-0.4, -0.2) is 28.5 Å². The monoisotopic (exact) mass is 524 g/mol. The summed E-state index contributed by atoms with van der Waals surface area (Å²) in [5, 5.41) is 8.80. The largest absolute Gasteiger partial charge is 0.494 e.